The van der Waals surface area contributed by atoms with Crippen molar-refractivity contribution < 1.29 is 18.5 Å². The summed E-state index contributed by atoms with van der Waals surface area (Å²) in [5, 5.41) is 8.22. The highest BCUT2D eigenvalue weighted by Crippen LogP contribution is 2.29. The molecule has 0 unspecified atom stereocenters. The van der Waals surface area contributed by atoms with Crippen LogP contribution < -0.4 is 5.32 Å². The maximum Gasteiger partial charge on any atom is 0.260 e. The van der Waals surface area contributed by atoms with Gasteiger partial charge in [0.1, 0.15) is 12.0 Å². The smallest absolute Gasteiger partial charge is 0.260 e. The van der Waals surface area contributed by atoms with Gasteiger partial charge in [-0.1, -0.05) is 28.6 Å². The van der Waals surface area contributed by atoms with Gasteiger partial charge < -0.3 is 13.8 Å². The number of carbonyl (C=O) groups excluding carboxylic acids is 2. The summed E-state index contributed by atoms with van der Waals surface area (Å²) < 4.78 is 10.2. The van der Waals surface area contributed by atoms with Crippen LogP contribution in [0.1, 0.15) is 26.6 Å². The van der Waals surface area contributed by atoms with Gasteiger partial charge in [0.15, 0.2) is 10.7 Å². The fourth-order valence-electron chi connectivity index (χ4n) is 3.35. The molecular weight excluding hydrogens is 392 g/mol. The first-order valence-electron chi connectivity index (χ1n) is 9.10. The van der Waals surface area contributed by atoms with Gasteiger partial charge in [-0.2, -0.15) is 0 Å². The molecule has 0 saturated carbocycles. The minimum absolute atomic E-state index is 0.00733. The van der Waals surface area contributed by atoms with Crippen LogP contribution in [0, 0.1) is 0 Å². The Kier molecular flexibility index (Phi) is 4.36. The predicted octanol–water partition coefficient (Wildman–Crippen LogP) is 3.26. The summed E-state index contributed by atoms with van der Waals surface area (Å²) in [5.74, 6) is -0.275. The molecule has 2 amide bonds. The molecule has 29 heavy (non-hydrogen) atoms. The number of anilines is 1. The van der Waals surface area contributed by atoms with Crippen LogP contribution in [-0.4, -0.2) is 33.4 Å². The molecule has 1 N–H and O–H groups in total. The summed E-state index contributed by atoms with van der Waals surface area (Å²) in [6.07, 6.45) is 3.67. The molecule has 0 saturated heterocycles. The van der Waals surface area contributed by atoms with Gasteiger partial charge in [-0.05, 0) is 18.2 Å². The lowest BCUT2D eigenvalue weighted by molar-refractivity contribution is -0.131. The van der Waals surface area contributed by atoms with Gasteiger partial charge >= 0.3 is 0 Å². The van der Waals surface area contributed by atoms with Gasteiger partial charge in [0.2, 0.25) is 5.91 Å². The highest BCUT2D eigenvalue weighted by atomic mass is 32.1. The van der Waals surface area contributed by atoms with Crippen LogP contribution in [0.25, 0.3) is 11.0 Å². The number of fused-ring (bicyclic) bond motifs is 2. The van der Waals surface area contributed by atoms with Crippen LogP contribution in [0.3, 0.4) is 0 Å². The monoisotopic (exact) mass is 408 g/mol. The van der Waals surface area contributed by atoms with Gasteiger partial charge in [-0.3, -0.25) is 14.9 Å². The minimum Gasteiger partial charge on any atom is -0.472 e. The topological polar surface area (TPSA) is 101 Å². The molecule has 1 aliphatic heterocycles. The summed E-state index contributed by atoms with van der Waals surface area (Å²) in [6, 6.07) is 9.10. The lowest BCUT2D eigenvalue weighted by Gasteiger charge is -2.25. The van der Waals surface area contributed by atoms with Gasteiger partial charge in [-0.15, -0.1) is 0 Å². The van der Waals surface area contributed by atoms with Crippen molar-refractivity contribution in [1.29, 1.82) is 0 Å². The van der Waals surface area contributed by atoms with Crippen molar-refractivity contribution in [3.05, 3.63) is 64.7 Å². The maximum absolute atomic E-state index is 12.8. The van der Waals surface area contributed by atoms with E-state index in [0.29, 0.717) is 41.5 Å². The first kappa shape index (κ1) is 17.6. The van der Waals surface area contributed by atoms with Crippen molar-refractivity contribution in [2.45, 2.75) is 19.4 Å². The van der Waals surface area contributed by atoms with Crippen LogP contribution in [0.2, 0.25) is 0 Å². The first-order chi connectivity index (χ1) is 14.2. The summed E-state index contributed by atoms with van der Waals surface area (Å²) in [6.45, 7) is 1.06. The van der Waals surface area contributed by atoms with E-state index in [9.17, 15) is 9.59 Å². The molecule has 0 spiro atoms. The second-order valence-corrected chi connectivity index (χ2v) is 7.81. The number of rotatable bonds is 4. The molecule has 0 aliphatic carbocycles. The van der Waals surface area contributed by atoms with Crippen molar-refractivity contribution in [1.82, 2.24) is 15.0 Å². The third kappa shape index (κ3) is 3.40. The Morgan fingerprint density at radius 3 is 3.00 bits per heavy atom. The number of carbonyl (C=O) groups is 2. The number of nitrogens with one attached hydrogen (secondary N) is 1. The number of nitrogens with zero attached hydrogens (tertiary/aromatic N) is 3. The van der Waals surface area contributed by atoms with Gasteiger partial charge in [0.05, 0.1) is 30.5 Å². The van der Waals surface area contributed by atoms with Gasteiger partial charge in [0, 0.05) is 23.2 Å². The van der Waals surface area contributed by atoms with Crippen molar-refractivity contribution in [2.24, 2.45) is 0 Å². The van der Waals surface area contributed by atoms with E-state index in [4.69, 9.17) is 8.94 Å². The molecule has 8 nitrogen and oxygen atoms in total. The molecule has 0 radical (unpaired) electrons. The molecule has 0 atom stereocenters. The Balaban J connectivity index is 1.27. The normalized spacial score (nSPS) is 13.4. The van der Waals surface area contributed by atoms with E-state index >= 15 is 0 Å². The molecule has 1 aliphatic rings. The summed E-state index contributed by atoms with van der Waals surface area (Å²) in [7, 11) is 0. The largest absolute Gasteiger partial charge is 0.472 e. The van der Waals surface area contributed by atoms with Gasteiger partial charge in [0.25, 0.3) is 5.91 Å². The fourth-order valence-corrected chi connectivity index (χ4v) is 4.36. The number of para-hydroxylation sites is 1. The van der Waals surface area contributed by atoms with Crippen molar-refractivity contribution in [3.63, 3.8) is 0 Å². The Bertz CT molecular complexity index is 1190. The molecule has 5 rings (SSSR count). The number of hydrogen-bond donors (Lipinski definition) is 1. The lowest BCUT2D eigenvalue weighted by atomic mass is 10.1. The van der Waals surface area contributed by atoms with Gasteiger partial charge in [-0.25, -0.2) is 4.98 Å². The second-order valence-electron chi connectivity index (χ2n) is 6.72. The Labute approximate surface area is 169 Å². The Hall–Kier alpha value is -3.46. The quantitative estimate of drug-likeness (QED) is 0.556. The molecular formula is C20H16N4O4S. The number of benzene rings is 1. The van der Waals surface area contributed by atoms with E-state index < -0.39 is 0 Å². The number of hydrogen-bond acceptors (Lipinski definition) is 7. The van der Waals surface area contributed by atoms with Crippen molar-refractivity contribution in [2.75, 3.05) is 11.9 Å². The van der Waals surface area contributed by atoms with Crippen LogP contribution in [0.5, 0.6) is 0 Å². The van der Waals surface area contributed by atoms with Crippen LogP contribution >= 0.6 is 11.3 Å². The average molecular weight is 408 g/mol. The SMILES string of the molecule is O=C(Nc1nc2c(s1)CN(C(=O)Cc1noc3ccccc13)CC2)c1ccoc1. The maximum atomic E-state index is 12.8. The Morgan fingerprint density at radius 2 is 2.14 bits per heavy atom. The molecule has 9 heteroatoms. The predicted molar refractivity (Wildman–Crippen MR) is 106 cm³/mol. The average Bonchev–Trinajstić information content (AvgIpc) is 3.47. The summed E-state index contributed by atoms with van der Waals surface area (Å²) >= 11 is 1.39. The molecule has 4 heterocycles. The van der Waals surface area contributed by atoms with Crippen molar-refractivity contribution in [3.8, 4) is 0 Å². The van der Waals surface area contributed by atoms with E-state index in [1.807, 2.05) is 24.3 Å². The van der Waals surface area contributed by atoms with E-state index in [1.54, 1.807) is 11.0 Å². The van der Waals surface area contributed by atoms with E-state index in [1.165, 1.54) is 23.9 Å². The number of thiazole rings is 1. The van der Waals surface area contributed by atoms with Crippen LogP contribution in [-0.2, 0) is 24.2 Å². The zero-order valence-electron chi connectivity index (χ0n) is 15.3. The molecule has 1 aromatic carbocycles. The molecule has 4 aromatic rings. The molecule has 0 fully saturated rings. The highest BCUT2D eigenvalue weighted by Gasteiger charge is 2.26. The third-order valence-electron chi connectivity index (χ3n) is 4.86. The standard InChI is InChI=1S/C20H16N4O4S/c25-18(9-15-13-3-1-2-4-16(13)28-23-15)24-7-5-14-17(10-24)29-20(21-14)22-19(26)12-6-8-27-11-12/h1-4,6,8,11H,5,7,9-10H2,(H,21,22,26). The van der Waals surface area contributed by atoms with E-state index in [2.05, 4.69) is 15.5 Å². The molecule has 3 aromatic heterocycles. The van der Waals surface area contributed by atoms with Crippen LogP contribution in [0.15, 0.2) is 51.8 Å². The first-order valence-corrected chi connectivity index (χ1v) is 9.92. The van der Waals surface area contributed by atoms with E-state index in [-0.39, 0.29) is 18.2 Å². The number of aromatic nitrogens is 2. The number of amides is 2. The zero-order chi connectivity index (χ0) is 19.8. The van der Waals surface area contributed by atoms with Crippen molar-refractivity contribution >= 4 is 39.3 Å². The summed E-state index contributed by atoms with van der Waals surface area (Å²) in [4.78, 5) is 32.3. The highest BCUT2D eigenvalue weighted by molar-refractivity contribution is 7.15. The van der Waals surface area contributed by atoms with E-state index in [0.717, 1.165) is 16.0 Å². The zero-order valence-corrected chi connectivity index (χ0v) is 16.1. The second kappa shape index (κ2) is 7.17. The third-order valence-corrected chi connectivity index (χ3v) is 5.86. The fraction of sp³-hybridized carbons (Fsp3) is 0.200. The Morgan fingerprint density at radius 1 is 1.24 bits per heavy atom. The van der Waals surface area contributed by atoms with Crippen LogP contribution in [0.4, 0.5) is 5.13 Å². The number of furan rings is 1. The lowest BCUT2D eigenvalue weighted by Crippen LogP contribution is -2.36. The summed E-state index contributed by atoms with van der Waals surface area (Å²) in [5.41, 5.74) is 2.69. The molecule has 0 bridgehead atoms. The molecule has 146 valence electrons. The minimum atomic E-state index is -0.268.